The number of ether oxygens (including phenoxy) is 1. The van der Waals surface area contributed by atoms with Crippen LogP contribution in [0.5, 0.6) is 0 Å². The van der Waals surface area contributed by atoms with E-state index in [4.69, 9.17) is 9.84 Å². The summed E-state index contributed by atoms with van der Waals surface area (Å²) in [5.41, 5.74) is 4.24. The highest BCUT2D eigenvalue weighted by atomic mass is 19.1. The molecule has 6 heteroatoms. The average molecular weight is 345 g/mol. The van der Waals surface area contributed by atoms with Gasteiger partial charge in [0.25, 0.3) is 0 Å². The second kappa shape index (κ2) is 7.78. The molecule has 5 nitrogen and oxygen atoms in total. The number of fused-ring (bicyclic) bond motifs is 1. The van der Waals surface area contributed by atoms with Gasteiger partial charge in [0.15, 0.2) is 0 Å². The van der Waals surface area contributed by atoms with Crippen LogP contribution in [-0.4, -0.2) is 28.8 Å². The second-order valence-electron chi connectivity index (χ2n) is 6.62. The van der Waals surface area contributed by atoms with E-state index >= 15 is 0 Å². The molecule has 2 heterocycles. The fraction of sp³-hybridized carbons (Fsp3) is 0.474. The van der Waals surface area contributed by atoms with Gasteiger partial charge in [-0.25, -0.2) is 4.39 Å². The lowest BCUT2D eigenvalue weighted by molar-refractivity contribution is -0.120. The van der Waals surface area contributed by atoms with Crippen molar-refractivity contribution in [2.75, 3.05) is 13.2 Å². The molecule has 1 aromatic carbocycles. The summed E-state index contributed by atoms with van der Waals surface area (Å²) in [7, 11) is 0. The minimum atomic E-state index is -0.295. The van der Waals surface area contributed by atoms with Gasteiger partial charge in [-0.3, -0.25) is 9.48 Å². The molecule has 2 aromatic rings. The first-order chi connectivity index (χ1) is 12.0. The zero-order valence-electron chi connectivity index (χ0n) is 14.7. The number of nitrogens with zero attached hydrogens (tertiary/aromatic N) is 2. The monoisotopic (exact) mass is 345 g/mol. The smallest absolute Gasteiger partial charge is 0.224 e. The van der Waals surface area contributed by atoms with Gasteiger partial charge in [0, 0.05) is 36.7 Å². The zero-order chi connectivity index (χ0) is 17.8. The molecule has 1 aliphatic rings. The van der Waals surface area contributed by atoms with Gasteiger partial charge >= 0.3 is 0 Å². The largest absolute Gasteiger partial charge is 0.376 e. The third-order valence-corrected chi connectivity index (χ3v) is 4.38. The first kappa shape index (κ1) is 17.6. The van der Waals surface area contributed by atoms with Gasteiger partial charge in [-0.2, -0.15) is 5.10 Å². The number of carbonyl (C=O) groups excluding carboxylic acids is 1. The topological polar surface area (TPSA) is 56.2 Å². The van der Waals surface area contributed by atoms with Crippen molar-refractivity contribution < 1.29 is 13.9 Å². The number of aromatic nitrogens is 2. The quantitative estimate of drug-likeness (QED) is 0.875. The van der Waals surface area contributed by atoms with Crippen molar-refractivity contribution >= 4 is 5.91 Å². The van der Waals surface area contributed by atoms with Crippen LogP contribution in [0.4, 0.5) is 4.39 Å². The number of nitrogens with one attached hydrogen (secondary N) is 1. The number of rotatable bonds is 6. The van der Waals surface area contributed by atoms with Crippen LogP contribution in [0, 0.1) is 5.82 Å². The van der Waals surface area contributed by atoms with Crippen molar-refractivity contribution in [1.29, 1.82) is 0 Å². The lowest BCUT2D eigenvalue weighted by Crippen LogP contribution is -2.27. The molecule has 1 N–H and O–H groups in total. The van der Waals surface area contributed by atoms with E-state index in [0.717, 1.165) is 24.3 Å². The Hall–Kier alpha value is -2.21. The van der Waals surface area contributed by atoms with E-state index in [1.54, 1.807) is 12.1 Å². The van der Waals surface area contributed by atoms with Crippen LogP contribution in [0.2, 0.25) is 0 Å². The Kier molecular flexibility index (Phi) is 5.48. The van der Waals surface area contributed by atoms with Crippen molar-refractivity contribution in [3.63, 3.8) is 0 Å². The van der Waals surface area contributed by atoms with Gasteiger partial charge in [-0.05, 0) is 31.5 Å². The molecule has 0 saturated carbocycles. The molecule has 1 aromatic heterocycles. The Bertz CT molecular complexity index is 738. The van der Waals surface area contributed by atoms with Crippen LogP contribution in [0.1, 0.15) is 42.4 Å². The Balaban J connectivity index is 1.56. The van der Waals surface area contributed by atoms with Gasteiger partial charge < -0.3 is 10.1 Å². The van der Waals surface area contributed by atoms with Crippen LogP contribution in [0.25, 0.3) is 0 Å². The number of halogens is 1. The Morgan fingerprint density at radius 2 is 2.12 bits per heavy atom. The summed E-state index contributed by atoms with van der Waals surface area (Å²) in [4.78, 5) is 12.0. The highest BCUT2D eigenvalue weighted by Crippen LogP contribution is 2.23. The van der Waals surface area contributed by atoms with E-state index in [9.17, 15) is 9.18 Å². The molecule has 0 unspecified atom stereocenters. The average Bonchev–Trinajstić information content (AvgIpc) is 2.96. The predicted molar refractivity (Wildman–Crippen MR) is 92.8 cm³/mol. The number of hydrogen-bond acceptors (Lipinski definition) is 3. The standard InChI is InChI=1S/C19H24FN3O2/c1-13(2)23-18-8-10-25-12-16(18)17(22-23)7-9-21-19(24)11-14-3-5-15(20)6-4-14/h3-6,13H,7-12H2,1-2H3,(H,21,24). The van der Waals surface area contributed by atoms with Gasteiger partial charge in [-0.15, -0.1) is 0 Å². The third-order valence-electron chi connectivity index (χ3n) is 4.38. The van der Waals surface area contributed by atoms with Gasteiger partial charge in [0.1, 0.15) is 5.82 Å². The van der Waals surface area contributed by atoms with Crippen molar-refractivity contribution in [2.45, 2.75) is 45.8 Å². The van der Waals surface area contributed by atoms with E-state index in [1.165, 1.54) is 23.4 Å². The molecule has 0 saturated heterocycles. The van der Waals surface area contributed by atoms with Crippen LogP contribution >= 0.6 is 0 Å². The maximum absolute atomic E-state index is 12.9. The highest BCUT2D eigenvalue weighted by molar-refractivity contribution is 5.78. The van der Waals surface area contributed by atoms with Crippen LogP contribution in [0.3, 0.4) is 0 Å². The van der Waals surface area contributed by atoms with Crippen molar-refractivity contribution in [2.24, 2.45) is 0 Å². The summed E-state index contributed by atoms with van der Waals surface area (Å²) < 4.78 is 20.5. The molecular formula is C19H24FN3O2. The van der Waals surface area contributed by atoms with Crippen LogP contribution in [0.15, 0.2) is 24.3 Å². The molecule has 0 aliphatic carbocycles. The van der Waals surface area contributed by atoms with E-state index in [-0.39, 0.29) is 18.1 Å². The molecule has 1 amide bonds. The Morgan fingerprint density at radius 3 is 2.84 bits per heavy atom. The maximum atomic E-state index is 12.9. The zero-order valence-corrected chi connectivity index (χ0v) is 14.7. The summed E-state index contributed by atoms with van der Waals surface area (Å²) in [6.07, 6.45) is 1.82. The summed E-state index contributed by atoms with van der Waals surface area (Å²) in [5, 5.41) is 7.64. The van der Waals surface area contributed by atoms with Gasteiger partial charge in [0.05, 0.1) is 25.3 Å². The predicted octanol–water partition coefficient (Wildman–Crippen LogP) is 2.58. The summed E-state index contributed by atoms with van der Waals surface area (Å²) >= 11 is 0. The molecule has 0 atom stereocenters. The van der Waals surface area contributed by atoms with E-state index in [0.29, 0.717) is 25.6 Å². The van der Waals surface area contributed by atoms with Gasteiger partial charge in [0.2, 0.25) is 5.91 Å². The minimum absolute atomic E-state index is 0.0694. The minimum Gasteiger partial charge on any atom is -0.376 e. The summed E-state index contributed by atoms with van der Waals surface area (Å²) in [6, 6.07) is 6.31. The molecular weight excluding hydrogens is 321 g/mol. The first-order valence-corrected chi connectivity index (χ1v) is 8.72. The molecule has 0 bridgehead atoms. The fourth-order valence-corrected chi connectivity index (χ4v) is 3.13. The summed E-state index contributed by atoms with van der Waals surface area (Å²) in [5.74, 6) is -0.364. The van der Waals surface area contributed by atoms with E-state index in [1.807, 2.05) is 0 Å². The fourth-order valence-electron chi connectivity index (χ4n) is 3.13. The lowest BCUT2D eigenvalue weighted by atomic mass is 10.1. The van der Waals surface area contributed by atoms with Gasteiger partial charge in [-0.1, -0.05) is 12.1 Å². The molecule has 1 aliphatic heterocycles. The second-order valence-corrected chi connectivity index (χ2v) is 6.62. The molecule has 25 heavy (non-hydrogen) atoms. The highest BCUT2D eigenvalue weighted by Gasteiger charge is 2.22. The van der Waals surface area contributed by atoms with Crippen molar-refractivity contribution in [3.8, 4) is 0 Å². The Labute approximate surface area is 147 Å². The third kappa shape index (κ3) is 4.25. The molecule has 3 rings (SSSR count). The summed E-state index contributed by atoms with van der Waals surface area (Å²) in [6.45, 7) is 6.11. The normalized spacial score (nSPS) is 13.8. The molecule has 0 fully saturated rings. The first-order valence-electron chi connectivity index (χ1n) is 8.72. The maximum Gasteiger partial charge on any atom is 0.224 e. The number of hydrogen-bond donors (Lipinski definition) is 1. The van der Waals surface area contributed by atoms with Crippen molar-refractivity contribution in [1.82, 2.24) is 15.1 Å². The molecule has 134 valence electrons. The SMILES string of the molecule is CC(C)n1nc(CCNC(=O)Cc2ccc(F)cc2)c2c1CCOC2. The van der Waals surface area contributed by atoms with Crippen LogP contribution < -0.4 is 5.32 Å². The van der Waals surface area contributed by atoms with E-state index in [2.05, 4.69) is 23.8 Å². The Morgan fingerprint density at radius 1 is 1.36 bits per heavy atom. The lowest BCUT2D eigenvalue weighted by Gasteiger charge is -2.16. The van der Waals surface area contributed by atoms with E-state index < -0.39 is 0 Å². The number of benzene rings is 1. The number of carbonyl (C=O) groups is 1. The molecule has 0 spiro atoms. The molecule has 0 radical (unpaired) electrons. The number of amides is 1. The van der Waals surface area contributed by atoms with Crippen molar-refractivity contribution in [3.05, 3.63) is 52.6 Å². The van der Waals surface area contributed by atoms with Crippen LogP contribution in [-0.2, 0) is 35.4 Å².